The van der Waals surface area contributed by atoms with Gasteiger partial charge in [0.1, 0.15) is 17.6 Å². The number of aromatic amines is 1. The maximum Gasteiger partial charge on any atom is 0.258 e. The van der Waals surface area contributed by atoms with Crippen molar-refractivity contribution in [2.75, 3.05) is 6.61 Å². The molecule has 1 atom stereocenters. The Morgan fingerprint density at radius 3 is 2.41 bits per heavy atom. The molecule has 1 aromatic heterocycles. The maximum absolute atomic E-state index is 11.5. The Hall–Kier alpha value is -3.35. The van der Waals surface area contributed by atoms with E-state index >= 15 is 0 Å². The van der Waals surface area contributed by atoms with Gasteiger partial charge in [-0.05, 0) is 116 Å². The van der Waals surface area contributed by atoms with Crippen LogP contribution in [0.5, 0.6) is 11.5 Å². The molecule has 0 saturated heterocycles. The molecular formula is C31H33NO4S. The number of aromatic nitrogens is 1. The van der Waals surface area contributed by atoms with Gasteiger partial charge in [0.15, 0.2) is 0 Å². The number of hydrogen-bond donors (Lipinski definition) is 2. The molecule has 0 saturated carbocycles. The van der Waals surface area contributed by atoms with E-state index in [1.165, 1.54) is 44.9 Å². The second kappa shape index (κ2) is 10.2. The average molecular weight is 516 g/mol. The van der Waals surface area contributed by atoms with Crippen LogP contribution >= 0.6 is 11.5 Å². The highest BCUT2D eigenvalue weighted by molar-refractivity contribution is 7.09. The van der Waals surface area contributed by atoms with Crippen LogP contribution in [0.2, 0.25) is 0 Å². The van der Waals surface area contributed by atoms with E-state index in [9.17, 15) is 9.90 Å². The van der Waals surface area contributed by atoms with Crippen molar-refractivity contribution in [3.8, 4) is 33.1 Å². The first-order valence-electron chi connectivity index (χ1n) is 12.7. The van der Waals surface area contributed by atoms with Crippen molar-refractivity contribution < 1.29 is 14.6 Å². The number of rotatable bonds is 8. The lowest BCUT2D eigenvalue weighted by Gasteiger charge is -2.19. The van der Waals surface area contributed by atoms with Crippen molar-refractivity contribution in [3.05, 3.63) is 93.3 Å². The Labute approximate surface area is 221 Å². The highest BCUT2D eigenvalue weighted by atomic mass is 32.1. The molecule has 0 radical (unpaired) electrons. The molecule has 192 valence electrons. The predicted molar refractivity (Wildman–Crippen MR) is 150 cm³/mol. The van der Waals surface area contributed by atoms with E-state index < -0.39 is 5.60 Å². The number of hydrogen-bond acceptors (Lipinski definition) is 5. The van der Waals surface area contributed by atoms with Crippen molar-refractivity contribution in [1.29, 1.82) is 0 Å². The summed E-state index contributed by atoms with van der Waals surface area (Å²) in [5, 5.41) is 9.96. The summed E-state index contributed by atoms with van der Waals surface area (Å²) in [6, 6.07) is 20.3. The highest BCUT2D eigenvalue weighted by Crippen LogP contribution is 2.42. The van der Waals surface area contributed by atoms with Crippen molar-refractivity contribution in [3.63, 3.8) is 0 Å². The maximum atomic E-state index is 11.5. The fourth-order valence-electron chi connectivity index (χ4n) is 5.11. The molecule has 1 aliphatic carbocycles. The van der Waals surface area contributed by atoms with Crippen LogP contribution in [0.3, 0.4) is 0 Å². The van der Waals surface area contributed by atoms with Gasteiger partial charge in [-0.2, -0.15) is 0 Å². The van der Waals surface area contributed by atoms with Gasteiger partial charge in [-0.1, -0.05) is 29.7 Å². The highest BCUT2D eigenvalue weighted by Gasteiger charge is 2.27. The average Bonchev–Trinajstić information content (AvgIpc) is 3.45. The minimum atomic E-state index is -0.736. The number of aryl methyl sites for hydroxylation is 2. The Kier molecular flexibility index (Phi) is 6.97. The lowest BCUT2D eigenvalue weighted by molar-refractivity contribution is 0.0553. The first-order valence-corrected chi connectivity index (χ1v) is 13.5. The topological polar surface area (TPSA) is 71.5 Å². The van der Waals surface area contributed by atoms with Gasteiger partial charge in [0.05, 0.1) is 17.1 Å². The molecule has 0 aliphatic heterocycles. The number of fused-ring (bicyclic) bond motifs is 1. The number of nitrogens with one attached hydrogen (secondary N) is 1. The zero-order valence-electron chi connectivity index (χ0n) is 21.8. The first kappa shape index (κ1) is 25.3. The van der Waals surface area contributed by atoms with Crippen LogP contribution in [0.1, 0.15) is 55.0 Å². The molecule has 0 fully saturated rings. The van der Waals surface area contributed by atoms with E-state index in [2.05, 4.69) is 48.6 Å². The summed E-state index contributed by atoms with van der Waals surface area (Å²) in [6.07, 6.45) is 2.49. The zero-order chi connectivity index (χ0) is 26.2. The minimum Gasteiger partial charge on any atom is -0.493 e. The van der Waals surface area contributed by atoms with E-state index in [1.807, 2.05) is 24.3 Å². The van der Waals surface area contributed by atoms with E-state index in [0.29, 0.717) is 13.0 Å². The fraction of sp³-hybridized carbons (Fsp3) is 0.323. The zero-order valence-corrected chi connectivity index (χ0v) is 22.6. The van der Waals surface area contributed by atoms with E-state index in [-0.39, 0.29) is 11.7 Å². The molecule has 5 rings (SSSR count). The third kappa shape index (κ3) is 5.65. The molecule has 0 spiro atoms. The van der Waals surface area contributed by atoms with Crippen molar-refractivity contribution >= 4 is 11.5 Å². The predicted octanol–water partition coefficient (Wildman–Crippen LogP) is 6.99. The van der Waals surface area contributed by atoms with Crippen LogP contribution in [-0.4, -0.2) is 21.7 Å². The summed E-state index contributed by atoms with van der Waals surface area (Å²) in [6.45, 7) is 8.35. The third-order valence-electron chi connectivity index (χ3n) is 6.91. The van der Waals surface area contributed by atoms with Gasteiger partial charge in [-0.15, -0.1) is 0 Å². The van der Waals surface area contributed by atoms with Crippen LogP contribution in [0, 0.1) is 13.8 Å². The van der Waals surface area contributed by atoms with Crippen LogP contribution < -0.4 is 15.0 Å². The fourth-order valence-corrected chi connectivity index (χ4v) is 5.80. The van der Waals surface area contributed by atoms with Crippen LogP contribution in [0.25, 0.3) is 21.6 Å². The minimum absolute atomic E-state index is 0.00849. The molecule has 5 nitrogen and oxygen atoms in total. The molecular weight excluding hydrogens is 482 g/mol. The Bertz CT molecular complexity index is 1440. The smallest absolute Gasteiger partial charge is 0.258 e. The Morgan fingerprint density at radius 1 is 1.03 bits per heavy atom. The van der Waals surface area contributed by atoms with Gasteiger partial charge in [0, 0.05) is 12.5 Å². The normalized spacial score (nSPS) is 15.0. The van der Waals surface area contributed by atoms with Gasteiger partial charge in [0.2, 0.25) is 0 Å². The summed E-state index contributed by atoms with van der Waals surface area (Å²) in [5.74, 6) is 1.67. The number of H-pyrrole nitrogens is 1. The van der Waals surface area contributed by atoms with Gasteiger partial charge in [0.25, 0.3) is 5.56 Å². The Morgan fingerprint density at radius 2 is 1.76 bits per heavy atom. The summed E-state index contributed by atoms with van der Waals surface area (Å²) < 4.78 is 15.1. The van der Waals surface area contributed by atoms with E-state index in [4.69, 9.17) is 9.47 Å². The third-order valence-corrected chi connectivity index (χ3v) is 7.79. The van der Waals surface area contributed by atoms with Crippen molar-refractivity contribution in [1.82, 2.24) is 4.37 Å². The van der Waals surface area contributed by atoms with Gasteiger partial charge < -0.3 is 14.6 Å². The molecule has 0 amide bonds. The number of benzene rings is 3. The molecule has 1 aliphatic rings. The van der Waals surface area contributed by atoms with Crippen LogP contribution in [-0.2, 0) is 6.42 Å². The second-order valence-electron chi connectivity index (χ2n) is 10.5. The lowest BCUT2D eigenvalue weighted by Crippen LogP contribution is -2.21. The molecule has 6 heteroatoms. The van der Waals surface area contributed by atoms with Crippen molar-refractivity contribution in [2.45, 2.75) is 58.7 Å². The molecule has 3 aromatic carbocycles. The summed E-state index contributed by atoms with van der Waals surface area (Å²) in [5.41, 5.74) is 7.66. The summed E-state index contributed by atoms with van der Waals surface area (Å²) in [4.78, 5) is 12.4. The molecule has 37 heavy (non-hydrogen) atoms. The van der Waals surface area contributed by atoms with Crippen LogP contribution in [0.4, 0.5) is 0 Å². The van der Waals surface area contributed by atoms with E-state index in [1.54, 1.807) is 19.9 Å². The van der Waals surface area contributed by atoms with Gasteiger partial charge in [-0.25, -0.2) is 0 Å². The summed E-state index contributed by atoms with van der Waals surface area (Å²) >= 11 is 1.34. The first-order chi connectivity index (χ1) is 17.7. The number of aliphatic hydroxyl groups is 1. The monoisotopic (exact) mass is 515 g/mol. The van der Waals surface area contributed by atoms with Gasteiger partial charge >= 0.3 is 0 Å². The molecule has 1 unspecified atom stereocenters. The Balaban J connectivity index is 1.35. The summed E-state index contributed by atoms with van der Waals surface area (Å²) in [7, 11) is 0. The molecule has 1 heterocycles. The standard InChI is InChI=1S/C31H33NO4S/c1-19-16-23(35-15-14-31(3,4)34)17-20(2)30(19)26-7-5-6-25-24(26)12-13-27(25)36-22-10-8-21(9-11-22)28-18-29(33)32-37-28/h5-11,16-18,27,34H,12-15H2,1-4H3,(H,32,33). The van der Waals surface area contributed by atoms with Crippen LogP contribution in [0.15, 0.2) is 65.5 Å². The largest absolute Gasteiger partial charge is 0.493 e. The second-order valence-corrected chi connectivity index (χ2v) is 11.3. The SMILES string of the molecule is Cc1cc(OCCC(C)(C)O)cc(C)c1-c1cccc2c1CCC2Oc1ccc(-c2cc(=O)[nH]s2)cc1. The van der Waals surface area contributed by atoms with Crippen molar-refractivity contribution in [2.24, 2.45) is 0 Å². The molecule has 0 bridgehead atoms. The van der Waals surface area contributed by atoms with E-state index in [0.717, 1.165) is 34.8 Å². The quantitative estimate of drug-likeness (QED) is 0.265. The number of ether oxygens (including phenoxy) is 2. The molecule has 4 aromatic rings. The lowest BCUT2D eigenvalue weighted by atomic mass is 9.90. The molecule has 2 N–H and O–H groups in total. The van der Waals surface area contributed by atoms with Gasteiger partial charge in [-0.3, -0.25) is 9.17 Å².